The fourth-order valence-electron chi connectivity index (χ4n) is 5.53. The summed E-state index contributed by atoms with van der Waals surface area (Å²) in [6.07, 6.45) is 4.39. The van der Waals surface area contributed by atoms with Gasteiger partial charge in [-0.1, -0.05) is 35.4 Å². The van der Waals surface area contributed by atoms with E-state index in [9.17, 15) is 24.6 Å². The number of carboxylic acid groups (broad SMARTS) is 1. The summed E-state index contributed by atoms with van der Waals surface area (Å²) in [4.78, 5) is 42.8. The molecule has 3 saturated heterocycles. The Morgan fingerprint density at radius 2 is 2.20 bits per heavy atom. The van der Waals surface area contributed by atoms with Crippen LogP contribution in [0.5, 0.6) is 0 Å². The van der Waals surface area contributed by atoms with E-state index >= 15 is 0 Å². The van der Waals surface area contributed by atoms with Gasteiger partial charge in [-0.2, -0.15) is 0 Å². The number of carbonyl (C=O) groups excluding carboxylic acids is 2. The molecule has 0 aromatic heterocycles. The second-order valence-corrected chi connectivity index (χ2v) is 11.2. The van der Waals surface area contributed by atoms with Crippen molar-refractivity contribution in [2.75, 3.05) is 19.7 Å². The molecule has 3 heterocycles. The Morgan fingerprint density at radius 3 is 2.77 bits per heavy atom. The molecule has 0 radical (unpaired) electrons. The number of hydrogen-bond acceptors (Lipinski definition) is 5. The van der Waals surface area contributed by atoms with Crippen LogP contribution in [0, 0.1) is 11.8 Å². The molecule has 4 unspecified atom stereocenters. The van der Waals surface area contributed by atoms with Gasteiger partial charge in [0, 0.05) is 35.8 Å². The maximum Gasteiger partial charge on any atom is 0.308 e. The topological polar surface area (TPSA) is 98.2 Å². The van der Waals surface area contributed by atoms with Gasteiger partial charge in [-0.25, -0.2) is 0 Å². The van der Waals surface area contributed by atoms with E-state index in [-0.39, 0.29) is 41.1 Å². The van der Waals surface area contributed by atoms with Crippen LogP contribution >= 0.6 is 27.7 Å². The number of thioether (sulfide) groups is 1. The van der Waals surface area contributed by atoms with Gasteiger partial charge in [0.2, 0.25) is 11.8 Å². The van der Waals surface area contributed by atoms with Crippen LogP contribution < -0.4 is 0 Å². The summed E-state index contributed by atoms with van der Waals surface area (Å²) in [6, 6.07) is -0.732. The van der Waals surface area contributed by atoms with Crippen LogP contribution in [0.3, 0.4) is 0 Å². The van der Waals surface area contributed by atoms with Gasteiger partial charge in [-0.05, 0) is 26.2 Å². The highest BCUT2D eigenvalue weighted by Gasteiger charge is 2.76. The molecule has 2 bridgehead atoms. The van der Waals surface area contributed by atoms with Gasteiger partial charge in [0.05, 0.1) is 16.6 Å². The van der Waals surface area contributed by atoms with Gasteiger partial charge < -0.3 is 20.0 Å². The zero-order valence-electron chi connectivity index (χ0n) is 17.5. The molecule has 0 aromatic carbocycles. The summed E-state index contributed by atoms with van der Waals surface area (Å²) in [7, 11) is 0. The highest BCUT2D eigenvalue weighted by molar-refractivity contribution is 9.09. The third-order valence-corrected chi connectivity index (χ3v) is 9.93. The molecule has 9 heteroatoms. The Labute approximate surface area is 190 Å². The summed E-state index contributed by atoms with van der Waals surface area (Å²) in [5.74, 6) is -2.89. The standard InChI is InChI=1S/C21H31BrN2O5S/c1-4-7-12(3)23(8-5-2)19(27)17-21-11-13(22)16(30-21)14(20(28)29)15(21)18(26)24(17)9-6-10-25/h5,12-17,25H,2,4,6-11H2,1,3H3,(H,28,29)/t12?,13?,14-,15+,16-,17?,21?/m1/s1. The lowest BCUT2D eigenvalue weighted by atomic mass is 9.71. The molecule has 3 aliphatic heterocycles. The zero-order valence-corrected chi connectivity index (χ0v) is 19.9. The molecule has 168 valence electrons. The van der Waals surface area contributed by atoms with Crippen LogP contribution in [-0.4, -0.2) is 84.4 Å². The average molecular weight is 503 g/mol. The first kappa shape index (κ1) is 23.6. The number of nitrogens with zero attached hydrogens (tertiary/aromatic N) is 2. The van der Waals surface area contributed by atoms with Gasteiger partial charge in [-0.3, -0.25) is 14.4 Å². The third kappa shape index (κ3) is 3.60. The summed E-state index contributed by atoms with van der Waals surface area (Å²) < 4.78 is -0.753. The smallest absolute Gasteiger partial charge is 0.308 e. The molecule has 3 fully saturated rings. The number of aliphatic carboxylic acids is 1. The molecular weight excluding hydrogens is 472 g/mol. The van der Waals surface area contributed by atoms with Gasteiger partial charge in [0.25, 0.3) is 0 Å². The maximum atomic E-state index is 13.9. The molecule has 1 spiro atoms. The van der Waals surface area contributed by atoms with Crippen molar-refractivity contribution >= 4 is 45.5 Å². The van der Waals surface area contributed by atoms with Crippen LogP contribution in [0.1, 0.15) is 39.5 Å². The van der Waals surface area contributed by atoms with E-state index in [0.29, 0.717) is 19.4 Å². The van der Waals surface area contributed by atoms with Crippen LogP contribution in [0.15, 0.2) is 12.7 Å². The minimum absolute atomic E-state index is 0.00983. The Kier molecular flexibility index (Phi) is 7.24. The largest absolute Gasteiger partial charge is 0.481 e. The third-order valence-electron chi connectivity index (χ3n) is 6.71. The van der Waals surface area contributed by atoms with Crippen molar-refractivity contribution in [3.8, 4) is 0 Å². The van der Waals surface area contributed by atoms with Crippen molar-refractivity contribution in [2.24, 2.45) is 11.8 Å². The Hall–Kier alpha value is -1.06. The van der Waals surface area contributed by atoms with Crippen LogP contribution in [0.4, 0.5) is 0 Å². The quantitative estimate of drug-likeness (QED) is 0.350. The summed E-state index contributed by atoms with van der Waals surface area (Å²) in [5.41, 5.74) is 0. The first-order valence-corrected chi connectivity index (χ1v) is 12.4. The highest BCUT2D eigenvalue weighted by Crippen LogP contribution is 2.67. The van der Waals surface area contributed by atoms with E-state index in [1.165, 1.54) is 11.8 Å². The number of halogens is 1. The van der Waals surface area contributed by atoms with Crippen LogP contribution in [0.25, 0.3) is 0 Å². The van der Waals surface area contributed by atoms with Gasteiger partial charge in [0.1, 0.15) is 6.04 Å². The molecule has 0 aromatic rings. The number of carbonyl (C=O) groups is 3. The Bertz CT molecular complexity index is 722. The number of likely N-dealkylation sites (tertiary alicyclic amines) is 1. The highest BCUT2D eigenvalue weighted by atomic mass is 79.9. The second kappa shape index (κ2) is 9.20. The molecule has 3 rings (SSSR count). The number of aliphatic hydroxyl groups excluding tert-OH is 1. The van der Waals surface area contributed by atoms with Crippen molar-refractivity contribution in [1.29, 1.82) is 0 Å². The van der Waals surface area contributed by atoms with E-state index < -0.39 is 28.6 Å². The number of rotatable bonds is 10. The lowest BCUT2D eigenvalue weighted by Crippen LogP contribution is -2.57. The molecule has 0 aliphatic carbocycles. The Morgan fingerprint density at radius 1 is 1.50 bits per heavy atom. The van der Waals surface area contributed by atoms with Crippen molar-refractivity contribution in [2.45, 2.75) is 66.4 Å². The van der Waals surface area contributed by atoms with Crippen LogP contribution in [0.2, 0.25) is 0 Å². The van der Waals surface area contributed by atoms with E-state index in [0.717, 1.165) is 12.8 Å². The molecule has 2 amide bonds. The minimum Gasteiger partial charge on any atom is -0.481 e. The van der Waals surface area contributed by atoms with Crippen molar-refractivity contribution in [3.63, 3.8) is 0 Å². The summed E-state index contributed by atoms with van der Waals surface area (Å²) >= 11 is 5.14. The van der Waals surface area contributed by atoms with Gasteiger partial charge in [-0.15, -0.1) is 18.3 Å². The molecular formula is C21H31BrN2O5S. The number of fused-ring (bicyclic) bond motifs is 1. The molecule has 0 saturated carbocycles. The number of aliphatic hydroxyl groups is 1. The monoisotopic (exact) mass is 502 g/mol. The predicted octanol–water partition coefficient (Wildman–Crippen LogP) is 2.12. The first-order valence-electron chi connectivity index (χ1n) is 10.6. The first-order chi connectivity index (χ1) is 14.2. The van der Waals surface area contributed by atoms with Gasteiger partial charge >= 0.3 is 5.97 Å². The maximum absolute atomic E-state index is 13.9. The zero-order chi connectivity index (χ0) is 22.2. The van der Waals surface area contributed by atoms with E-state index in [4.69, 9.17) is 0 Å². The lowest BCUT2D eigenvalue weighted by molar-refractivity contribution is -0.148. The van der Waals surface area contributed by atoms with Gasteiger partial charge in [0.15, 0.2) is 0 Å². The molecule has 30 heavy (non-hydrogen) atoms. The molecule has 7 atom stereocenters. The van der Waals surface area contributed by atoms with Crippen molar-refractivity contribution in [1.82, 2.24) is 9.80 Å². The SMILES string of the molecule is C=CCN(C(=O)C1N(CCCO)C(=O)[C@@H]2[C@@H](C(=O)O)[C@@H]3SC12CC3Br)C(C)CCC. The molecule has 3 aliphatic rings. The number of amides is 2. The van der Waals surface area contributed by atoms with E-state index in [1.54, 1.807) is 15.9 Å². The number of hydrogen-bond donors (Lipinski definition) is 2. The van der Waals surface area contributed by atoms with Crippen LogP contribution in [-0.2, 0) is 14.4 Å². The second-order valence-electron chi connectivity index (χ2n) is 8.53. The predicted molar refractivity (Wildman–Crippen MR) is 120 cm³/mol. The minimum atomic E-state index is -0.977. The van der Waals surface area contributed by atoms with E-state index in [1.807, 2.05) is 6.92 Å². The summed E-state index contributed by atoms with van der Waals surface area (Å²) in [5, 5.41) is 19.0. The summed E-state index contributed by atoms with van der Waals surface area (Å²) in [6.45, 7) is 8.40. The number of alkyl halides is 1. The van der Waals surface area contributed by atoms with Crippen molar-refractivity contribution in [3.05, 3.63) is 12.7 Å². The molecule has 7 nitrogen and oxygen atoms in total. The fraction of sp³-hybridized carbons (Fsp3) is 0.762. The molecule has 2 N–H and O–H groups in total. The lowest BCUT2D eigenvalue weighted by Gasteiger charge is -2.39. The number of carboxylic acids is 1. The fourth-order valence-corrected chi connectivity index (χ4v) is 9.13. The van der Waals surface area contributed by atoms with E-state index in [2.05, 4.69) is 29.4 Å². The normalized spacial score (nSPS) is 35.4. The Balaban J connectivity index is 2.04. The average Bonchev–Trinajstić information content (AvgIpc) is 3.27. The van der Waals surface area contributed by atoms with Crippen molar-refractivity contribution < 1.29 is 24.6 Å².